The molecule has 0 aliphatic heterocycles. The van der Waals surface area contributed by atoms with Gasteiger partial charge >= 0.3 is 0 Å². The van der Waals surface area contributed by atoms with E-state index in [4.69, 9.17) is 0 Å². The third-order valence-corrected chi connectivity index (χ3v) is 6.40. The van der Waals surface area contributed by atoms with Gasteiger partial charge in [0.15, 0.2) is 23.0 Å². The molecule has 0 saturated heterocycles. The van der Waals surface area contributed by atoms with Crippen LogP contribution in [-0.2, 0) is 0 Å². The van der Waals surface area contributed by atoms with Crippen LogP contribution in [0.2, 0.25) is 0 Å². The topological polar surface area (TPSA) is 80.9 Å². The van der Waals surface area contributed by atoms with Gasteiger partial charge in [0.2, 0.25) is 0 Å². The number of benzene rings is 4. The molecule has 0 saturated carbocycles. The fourth-order valence-corrected chi connectivity index (χ4v) is 4.30. The van der Waals surface area contributed by atoms with E-state index in [0.29, 0.717) is 5.56 Å². The minimum absolute atomic E-state index is 0.0354. The quantitative estimate of drug-likeness (QED) is 0.117. The Balaban J connectivity index is 2.39. The molecule has 0 fully saturated rings. The third kappa shape index (κ3) is 2.53. The van der Waals surface area contributed by atoms with Gasteiger partial charge in [-0.3, -0.25) is 0 Å². The lowest BCUT2D eigenvalue weighted by Crippen LogP contribution is -2.47. The number of phenols is 4. The molecule has 0 bridgehead atoms. The number of hydrogen-bond donors (Lipinski definition) is 4. The Morgan fingerprint density at radius 1 is 0.517 bits per heavy atom. The monoisotopic (exact) mass is 378 g/mol. The molecular formula is C20H19B5O4. The summed E-state index contributed by atoms with van der Waals surface area (Å²) < 4.78 is 0. The zero-order valence-corrected chi connectivity index (χ0v) is 17.2. The standard InChI is InChI=1S/C20H19B5O4/c21-12-8-5-6-3-1-2-4-7(6)9(10(8)13(22)15(24)14(12)23)11-17(26)19(28)16(25)20(29)18(11)27/h1-5,26-29H,21-25H2. The van der Waals surface area contributed by atoms with Crippen LogP contribution in [-0.4, -0.2) is 59.7 Å². The van der Waals surface area contributed by atoms with E-state index in [1.807, 2.05) is 32.1 Å². The molecule has 9 heteroatoms. The number of phenolic OH excluding ortho intramolecular Hbond substituents is 4. The molecule has 0 amide bonds. The Labute approximate surface area is 173 Å². The average molecular weight is 377 g/mol. The molecule has 138 valence electrons. The lowest BCUT2D eigenvalue weighted by atomic mass is 9.63. The summed E-state index contributed by atoms with van der Waals surface area (Å²) in [6.45, 7) is 0. The zero-order valence-electron chi connectivity index (χ0n) is 17.2. The Bertz CT molecular complexity index is 1320. The van der Waals surface area contributed by atoms with Gasteiger partial charge in [0.25, 0.3) is 0 Å². The SMILES string of the molecule is Bc1c(O)c(O)c(-c2c3ccccc3cc3c(B)c(B)c(B)c(B)c23)c(O)c1O. The van der Waals surface area contributed by atoms with Crippen molar-refractivity contribution in [3.05, 3.63) is 30.3 Å². The number of rotatable bonds is 1. The van der Waals surface area contributed by atoms with Gasteiger partial charge in [-0.05, 0) is 27.6 Å². The van der Waals surface area contributed by atoms with E-state index in [2.05, 4.69) is 29.6 Å². The lowest BCUT2D eigenvalue weighted by Gasteiger charge is -2.22. The van der Waals surface area contributed by atoms with Gasteiger partial charge in [-0.25, -0.2) is 0 Å². The molecule has 4 N–H and O–H groups in total. The summed E-state index contributed by atoms with van der Waals surface area (Å²) >= 11 is 0. The van der Waals surface area contributed by atoms with Crippen molar-refractivity contribution in [3.63, 3.8) is 0 Å². The van der Waals surface area contributed by atoms with Crippen LogP contribution >= 0.6 is 0 Å². The van der Waals surface area contributed by atoms with E-state index in [1.54, 1.807) is 0 Å². The molecule has 4 aromatic rings. The van der Waals surface area contributed by atoms with Gasteiger partial charge < -0.3 is 20.4 Å². The predicted octanol–water partition coefficient (Wildman–Crippen LogP) is -4.23. The second kappa shape index (κ2) is 6.48. The van der Waals surface area contributed by atoms with Crippen LogP contribution in [0.1, 0.15) is 0 Å². The Hall–Kier alpha value is -3.08. The van der Waals surface area contributed by atoms with Crippen molar-refractivity contribution >= 4 is 88.1 Å². The van der Waals surface area contributed by atoms with Gasteiger partial charge in [-0.15, -0.1) is 10.9 Å². The zero-order chi connectivity index (χ0) is 21.2. The van der Waals surface area contributed by atoms with Crippen LogP contribution in [0.25, 0.3) is 32.7 Å². The van der Waals surface area contributed by atoms with Crippen LogP contribution in [0.5, 0.6) is 23.0 Å². The van der Waals surface area contributed by atoms with E-state index in [-0.39, 0.29) is 11.0 Å². The smallest absolute Gasteiger partial charge is 0.168 e. The number of hydrogen-bond acceptors (Lipinski definition) is 4. The van der Waals surface area contributed by atoms with Gasteiger partial charge in [-0.2, -0.15) is 0 Å². The van der Waals surface area contributed by atoms with Crippen molar-refractivity contribution in [2.45, 2.75) is 0 Å². The van der Waals surface area contributed by atoms with Crippen molar-refractivity contribution in [3.8, 4) is 34.1 Å². The summed E-state index contributed by atoms with van der Waals surface area (Å²) in [5.74, 6) is -1.75. The largest absolute Gasteiger partial charge is 0.505 e. The fourth-order valence-electron chi connectivity index (χ4n) is 4.30. The van der Waals surface area contributed by atoms with Crippen LogP contribution in [0, 0.1) is 0 Å². The van der Waals surface area contributed by atoms with Crippen molar-refractivity contribution in [1.29, 1.82) is 0 Å². The Morgan fingerprint density at radius 3 is 1.69 bits per heavy atom. The average Bonchev–Trinajstić information content (AvgIpc) is 2.73. The molecule has 4 aromatic carbocycles. The van der Waals surface area contributed by atoms with Crippen LogP contribution in [0.4, 0.5) is 0 Å². The predicted molar refractivity (Wildman–Crippen MR) is 134 cm³/mol. The van der Waals surface area contributed by atoms with Crippen molar-refractivity contribution < 1.29 is 20.4 Å². The number of fused-ring (bicyclic) bond motifs is 2. The highest BCUT2D eigenvalue weighted by molar-refractivity contribution is 6.67. The highest BCUT2D eigenvalue weighted by Gasteiger charge is 2.26. The molecule has 4 rings (SSSR count). The highest BCUT2D eigenvalue weighted by Crippen LogP contribution is 2.49. The molecule has 0 unspecified atom stereocenters. The first kappa shape index (κ1) is 19.3. The molecule has 0 radical (unpaired) electrons. The van der Waals surface area contributed by atoms with Crippen molar-refractivity contribution in [2.75, 3.05) is 0 Å². The Kier molecular flexibility index (Phi) is 4.30. The normalized spacial score (nSPS) is 11.3. The Morgan fingerprint density at radius 2 is 1.07 bits per heavy atom. The van der Waals surface area contributed by atoms with E-state index in [9.17, 15) is 20.4 Å². The maximum atomic E-state index is 10.8. The highest BCUT2D eigenvalue weighted by atomic mass is 16.3. The summed E-state index contributed by atoms with van der Waals surface area (Å²) in [5.41, 5.74) is 5.15. The summed E-state index contributed by atoms with van der Waals surface area (Å²) in [4.78, 5) is 0. The fraction of sp³-hybridized carbons (Fsp3) is 0. The summed E-state index contributed by atoms with van der Waals surface area (Å²) in [5, 5.41) is 46.1. The maximum Gasteiger partial charge on any atom is 0.168 e. The van der Waals surface area contributed by atoms with Crippen LogP contribution in [0.15, 0.2) is 30.3 Å². The molecule has 0 aliphatic carbocycles. The second-order valence-corrected chi connectivity index (χ2v) is 7.79. The van der Waals surface area contributed by atoms with Crippen LogP contribution < -0.4 is 27.3 Å². The molecule has 0 aliphatic rings. The first-order valence-electron chi connectivity index (χ1n) is 9.55. The maximum absolute atomic E-state index is 10.8. The second-order valence-electron chi connectivity index (χ2n) is 7.79. The van der Waals surface area contributed by atoms with Crippen LogP contribution in [0.3, 0.4) is 0 Å². The molecule has 29 heavy (non-hydrogen) atoms. The van der Waals surface area contributed by atoms with E-state index < -0.39 is 23.0 Å². The molecule has 0 heterocycles. The number of aromatic hydroxyl groups is 4. The summed E-state index contributed by atoms with van der Waals surface area (Å²) in [6.07, 6.45) is 0. The van der Waals surface area contributed by atoms with E-state index in [1.165, 1.54) is 13.3 Å². The van der Waals surface area contributed by atoms with Gasteiger partial charge in [0.1, 0.15) is 39.2 Å². The minimum Gasteiger partial charge on any atom is -0.505 e. The van der Waals surface area contributed by atoms with Gasteiger partial charge in [-0.1, -0.05) is 35.2 Å². The third-order valence-electron chi connectivity index (χ3n) is 6.40. The first-order valence-corrected chi connectivity index (χ1v) is 9.55. The molecular weight excluding hydrogens is 358 g/mol. The summed E-state index contributed by atoms with van der Waals surface area (Å²) in [6, 6.07) is 9.84. The van der Waals surface area contributed by atoms with Crippen molar-refractivity contribution in [1.82, 2.24) is 0 Å². The van der Waals surface area contributed by atoms with E-state index in [0.717, 1.165) is 37.9 Å². The first-order chi connectivity index (χ1) is 13.7. The molecule has 0 spiro atoms. The van der Waals surface area contributed by atoms with Gasteiger partial charge in [0.05, 0.1) is 5.56 Å². The lowest BCUT2D eigenvalue weighted by molar-refractivity contribution is 0.381. The molecule has 4 nitrogen and oxygen atoms in total. The van der Waals surface area contributed by atoms with Gasteiger partial charge in [0, 0.05) is 11.0 Å². The van der Waals surface area contributed by atoms with E-state index >= 15 is 0 Å². The molecule has 0 aromatic heterocycles. The van der Waals surface area contributed by atoms with Crippen molar-refractivity contribution in [2.24, 2.45) is 0 Å². The minimum atomic E-state index is -0.439. The molecule has 0 atom stereocenters. The summed E-state index contributed by atoms with van der Waals surface area (Å²) in [7, 11) is 9.67.